The lowest BCUT2D eigenvalue weighted by Crippen LogP contribution is -2.53. The molecular weight excluding hydrogens is 320 g/mol. The van der Waals surface area contributed by atoms with E-state index in [-0.39, 0.29) is 35.4 Å². The molecular formula is C15H22N2O3S2. The highest BCUT2D eigenvalue weighted by Crippen LogP contribution is 2.22. The number of benzene rings is 1. The third kappa shape index (κ3) is 4.91. The molecule has 1 aromatic rings. The third-order valence-electron chi connectivity index (χ3n) is 3.55. The van der Waals surface area contributed by atoms with Gasteiger partial charge in [0.2, 0.25) is 0 Å². The Kier molecular flexibility index (Phi) is 5.74. The maximum atomic E-state index is 12.2. The highest BCUT2D eigenvalue weighted by molar-refractivity contribution is 8.00. The summed E-state index contributed by atoms with van der Waals surface area (Å²) in [6, 6.07) is 9.59. The average Bonchev–Trinajstić information content (AvgIpc) is 2.45. The van der Waals surface area contributed by atoms with Gasteiger partial charge in [-0.1, -0.05) is 25.1 Å². The van der Waals surface area contributed by atoms with Crippen molar-refractivity contribution < 1.29 is 13.2 Å². The molecule has 0 spiro atoms. The van der Waals surface area contributed by atoms with E-state index in [4.69, 9.17) is 0 Å². The number of carbonyl (C=O) groups excluding carboxylic acids is 1. The van der Waals surface area contributed by atoms with Gasteiger partial charge in [0.05, 0.1) is 11.5 Å². The van der Waals surface area contributed by atoms with Crippen LogP contribution in [0.3, 0.4) is 0 Å². The molecule has 1 N–H and O–H groups in total. The number of amides is 2. The Balaban J connectivity index is 1.80. The van der Waals surface area contributed by atoms with E-state index in [1.807, 2.05) is 30.3 Å². The Hall–Kier alpha value is -1.21. The second-order valence-electron chi connectivity index (χ2n) is 5.58. The molecule has 0 bridgehead atoms. The summed E-state index contributed by atoms with van der Waals surface area (Å²) in [5.41, 5.74) is 0. The molecule has 7 heteroatoms. The Morgan fingerprint density at radius 2 is 2.09 bits per heavy atom. The Morgan fingerprint density at radius 1 is 1.41 bits per heavy atom. The minimum absolute atomic E-state index is 0.0503. The van der Waals surface area contributed by atoms with Crippen molar-refractivity contribution in [3.8, 4) is 0 Å². The van der Waals surface area contributed by atoms with Crippen LogP contribution in [0.15, 0.2) is 35.2 Å². The van der Waals surface area contributed by atoms with E-state index in [2.05, 4.69) is 12.2 Å². The van der Waals surface area contributed by atoms with E-state index in [1.54, 1.807) is 23.6 Å². The van der Waals surface area contributed by atoms with Crippen molar-refractivity contribution in [3.63, 3.8) is 0 Å². The molecule has 0 radical (unpaired) electrons. The molecule has 0 saturated carbocycles. The molecule has 22 heavy (non-hydrogen) atoms. The van der Waals surface area contributed by atoms with Crippen LogP contribution in [0.25, 0.3) is 0 Å². The molecule has 2 amide bonds. The zero-order valence-corrected chi connectivity index (χ0v) is 14.5. The summed E-state index contributed by atoms with van der Waals surface area (Å²) in [7, 11) is -3.00. The van der Waals surface area contributed by atoms with E-state index in [9.17, 15) is 13.2 Å². The summed E-state index contributed by atoms with van der Waals surface area (Å²) < 4.78 is 23.1. The number of sulfone groups is 1. The molecule has 0 aliphatic carbocycles. The van der Waals surface area contributed by atoms with E-state index < -0.39 is 9.84 Å². The van der Waals surface area contributed by atoms with Crippen molar-refractivity contribution in [1.29, 1.82) is 0 Å². The first-order valence-electron chi connectivity index (χ1n) is 7.34. The van der Waals surface area contributed by atoms with Gasteiger partial charge in [0.25, 0.3) is 0 Å². The van der Waals surface area contributed by atoms with E-state index in [0.717, 1.165) is 0 Å². The predicted molar refractivity (Wildman–Crippen MR) is 90.0 cm³/mol. The first kappa shape index (κ1) is 17.1. The van der Waals surface area contributed by atoms with Crippen LogP contribution < -0.4 is 5.32 Å². The van der Waals surface area contributed by atoms with Crippen LogP contribution >= 0.6 is 11.8 Å². The van der Waals surface area contributed by atoms with E-state index >= 15 is 0 Å². The van der Waals surface area contributed by atoms with Crippen LogP contribution in [0, 0.1) is 0 Å². The maximum absolute atomic E-state index is 12.2. The summed E-state index contributed by atoms with van der Waals surface area (Å²) in [5.74, 6) is 0.105. The van der Waals surface area contributed by atoms with Gasteiger partial charge in [-0.3, -0.25) is 0 Å². The van der Waals surface area contributed by atoms with Gasteiger partial charge in [0, 0.05) is 29.3 Å². The lowest BCUT2D eigenvalue weighted by Gasteiger charge is -2.33. The van der Waals surface area contributed by atoms with Crippen molar-refractivity contribution in [1.82, 2.24) is 10.2 Å². The molecule has 1 aliphatic heterocycles. The minimum Gasteiger partial charge on any atom is -0.337 e. The number of nitrogens with zero attached hydrogens (tertiary/aromatic N) is 1. The predicted octanol–water partition coefficient (Wildman–Crippen LogP) is 2.00. The lowest BCUT2D eigenvalue weighted by atomic mass is 10.3. The summed E-state index contributed by atoms with van der Waals surface area (Å²) in [5, 5.41) is 3.15. The quantitative estimate of drug-likeness (QED) is 0.850. The zero-order chi connectivity index (χ0) is 16.2. The summed E-state index contributed by atoms with van der Waals surface area (Å²) >= 11 is 1.70. The molecule has 0 aromatic heterocycles. The fourth-order valence-electron chi connectivity index (χ4n) is 2.41. The van der Waals surface area contributed by atoms with Gasteiger partial charge < -0.3 is 10.2 Å². The van der Waals surface area contributed by atoms with Crippen LogP contribution in [0.2, 0.25) is 0 Å². The van der Waals surface area contributed by atoms with Crippen LogP contribution in [-0.4, -0.2) is 55.2 Å². The van der Waals surface area contributed by atoms with Crippen molar-refractivity contribution in [3.05, 3.63) is 30.3 Å². The van der Waals surface area contributed by atoms with Gasteiger partial charge in [-0.25, -0.2) is 13.2 Å². The number of thioether (sulfide) groups is 1. The molecule has 5 nitrogen and oxygen atoms in total. The minimum atomic E-state index is -3.00. The van der Waals surface area contributed by atoms with Gasteiger partial charge in [-0.05, 0) is 19.1 Å². The van der Waals surface area contributed by atoms with E-state index in [1.165, 1.54) is 4.90 Å². The summed E-state index contributed by atoms with van der Waals surface area (Å²) in [6.07, 6.45) is 0. The van der Waals surface area contributed by atoms with E-state index in [0.29, 0.717) is 6.54 Å². The molecule has 1 heterocycles. The smallest absolute Gasteiger partial charge is 0.317 e. The SMILES string of the molecule is CC(CNC(=O)N1CCS(=O)(=O)CC1C)Sc1ccccc1. The van der Waals surface area contributed by atoms with Crippen LogP contribution in [0.4, 0.5) is 4.79 Å². The van der Waals surface area contributed by atoms with Gasteiger partial charge in [0.15, 0.2) is 9.84 Å². The molecule has 1 aliphatic rings. The highest BCUT2D eigenvalue weighted by atomic mass is 32.2. The number of rotatable bonds is 4. The topological polar surface area (TPSA) is 66.5 Å². The van der Waals surface area contributed by atoms with Gasteiger partial charge >= 0.3 is 6.03 Å². The van der Waals surface area contributed by atoms with Gasteiger partial charge in [-0.15, -0.1) is 11.8 Å². The molecule has 2 rings (SSSR count). The third-order valence-corrected chi connectivity index (χ3v) is 6.46. The first-order chi connectivity index (χ1) is 10.4. The molecule has 1 fully saturated rings. The second kappa shape index (κ2) is 7.37. The number of carbonyl (C=O) groups is 1. The Bertz CT molecular complexity index is 604. The largest absolute Gasteiger partial charge is 0.337 e. The van der Waals surface area contributed by atoms with Crippen molar-refractivity contribution in [2.75, 3.05) is 24.6 Å². The zero-order valence-electron chi connectivity index (χ0n) is 12.9. The average molecular weight is 342 g/mol. The number of urea groups is 1. The molecule has 2 atom stereocenters. The number of hydrogen-bond donors (Lipinski definition) is 1. The Morgan fingerprint density at radius 3 is 2.73 bits per heavy atom. The highest BCUT2D eigenvalue weighted by Gasteiger charge is 2.31. The summed E-state index contributed by atoms with van der Waals surface area (Å²) in [4.78, 5) is 15.0. The molecule has 1 saturated heterocycles. The monoisotopic (exact) mass is 342 g/mol. The molecule has 122 valence electrons. The van der Waals surface area contributed by atoms with Gasteiger partial charge in [-0.2, -0.15) is 0 Å². The first-order valence-corrected chi connectivity index (χ1v) is 10.0. The van der Waals surface area contributed by atoms with Crippen molar-refractivity contribution in [2.24, 2.45) is 0 Å². The van der Waals surface area contributed by atoms with Gasteiger partial charge in [0.1, 0.15) is 0 Å². The number of nitrogens with one attached hydrogen (secondary N) is 1. The molecule has 1 aromatic carbocycles. The number of hydrogen-bond acceptors (Lipinski definition) is 4. The lowest BCUT2D eigenvalue weighted by molar-refractivity contribution is 0.185. The molecule has 2 unspecified atom stereocenters. The second-order valence-corrected chi connectivity index (χ2v) is 9.32. The van der Waals surface area contributed by atoms with Crippen LogP contribution in [-0.2, 0) is 9.84 Å². The van der Waals surface area contributed by atoms with Crippen LogP contribution in [0.1, 0.15) is 13.8 Å². The Labute approximate surface area is 136 Å². The standard InChI is InChI=1S/C15H22N2O3S2/c1-12-11-22(19,20)9-8-17(12)15(18)16-10-13(2)21-14-6-4-3-5-7-14/h3-7,12-13H,8-11H2,1-2H3,(H,16,18). The normalized spacial score (nSPS) is 22.1. The summed E-state index contributed by atoms with van der Waals surface area (Å²) in [6.45, 7) is 4.66. The maximum Gasteiger partial charge on any atom is 0.317 e. The fraction of sp³-hybridized carbons (Fsp3) is 0.533. The van der Waals surface area contributed by atoms with Crippen molar-refractivity contribution >= 4 is 27.6 Å². The van der Waals surface area contributed by atoms with Crippen molar-refractivity contribution in [2.45, 2.75) is 30.0 Å². The van der Waals surface area contributed by atoms with Crippen LogP contribution in [0.5, 0.6) is 0 Å². The fourth-order valence-corrected chi connectivity index (χ4v) is 4.91.